The average Bonchev–Trinajstić information content (AvgIpc) is 3.26. The molecule has 0 radical (unpaired) electrons. The summed E-state index contributed by atoms with van der Waals surface area (Å²) in [4.78, 5) is 17.1. The summed E-state index contributed by atoms with van der Waals surface area (Å²) in [7, 11) is 1.78. The van der Waals surface area contributed by atoms with E-state index in [9.17, 15) is 4.79 Å². The molecule has 0 fully saturated rings. The molecule has 0 spiro atoms. The van der Waals surface area contributed by atoms with Crippen molar-refractivity contribution in [2.75, 3.05) is 5.32 Å². The summed E-state index contributed by atoms with van der Waals surface area (Å²) in [5.41, 5.74) is 2.62. The molecular formula is C20H19ClN6O2. The maximum Gasteiger partial charge on any atom is 0.261 e. The summed E-state index contributed by atoms with van der Waals surface area (Å²) in [6.07, 6.45) is 6.54. The van der Waals surface area contributed by atoms with Gasteiger partial charge in [0.25, 0.3) is 5.91 Å². The van der Waals surface area contributed by atoms with Gasteiger partial charge in [0.05, 0.1) is 18.0 Å². The van der Waals surface area contributed by atoms with Crippen LogP contribution in [0, 0.1) is 0 Å². The molecule has 0 atom stereocenters. The fourth-order valence-electron chi connectivity index (χ4n) is 3.00. The Balaban J connectivity index is 1.73. The Morgan fingerprint density at radius 2 is 2.14 bits per heavy atom. The zero-order chi connectivity index (χ0) is 20.5. The maximum absolute atomic E-state index is 12.9. The van der Waals surface area contributed by atoms with E-state index < -0.39 is 0 Å². The SMILES string of the molecule is CC(C)Oc1ccc(Cl)cc1-c1nn(C)cc1NC(=O)c1cnn2cccnc12. The highest BCUT2D eigenvalue weighted by Gasteiger charge is 2.20. The second-order valence-electron chi connectivity index (χ2n) is 6.77. The van der Waals surface area contributed by atoms with Gasteiger partial charge >= 0.3 is 0 Å². The molecular weight excluding hydrogens is 392 g/mol. The summed E-state index contributed by atoms with van der Waals surface area (Å²) >= 11 is 6.22. The van der Waals surface area contributed by atoms with Crippen molar-refractivity contribution < 1.29 is 9.53 Å². The van der Waals surface area contributed by atoms with Crippen LogP contribution >= 0.6 is 11.6 Å². The fourth-order valence-corrected chi connectivity index (χ4v) is 3.17. The van der Waals surface area contributed by atoms with Gasteiger partial charge in [-0.25, -0.2) is 9.50 Å². The quantitative estimate of drug-likeness (QED) is 0.540. The number of hydrogen-bond acceptors (Lipinski definition) is 5. The monoisotopic (exact) mass is 410 g/mol. The number of rotatable bonds is 5. The molecule has 0 aliphatic rings. The molecule has 9 heteroatoms. The number of anilines is 1. The molecule has 1 aromatic carbocycles. The number of fused-ring (bicyclic) bond motifs is 1. The Labute approximate surface area is 172 Å². The highest BCUT2D eigenvalue weighted by molar-refractivity contribution is 6.31. The molecule has 4 rings (SSSR count). The molecule has 0 aliphatic carbocycles. The van der Waals surface area contributed by atoms with Gasteiger partial charge in [0.1, 0.15) is 17.0 Å². The summed E-state index contributed by atoms with van der Waals surface area (Å²) in [5.74, 6) is 0.303. The number of benzene rings is 1. The minimum atomic E-state index is -0.332. The van der Waals surface area contributed by atoms with Crippen LogP contribution in [0.15, 0.2) is 49.1 Å². The largest absolute Gasteiger partial charge is 0.490 e. The third-order valence-electron chi connectivity index (χ3n) is 4.16. The van der Waals surface area contributed by atoms with E-state index in [0.717, 1.165) is 0 Å². The first-order valence-electron chi connectivity index (χ1n) is 9.02. The Morgan fingerprint density at radius 1 is 1.31 bits per heavy atom. The third kappa shape index (κ3) is 3.79. The van der Waals surface area contributed by atoms with E-state index in [4.69, 9.17) is 16.3 Å². The van der Waals surface area contributed by atoms with E-state index in [2.05, 4.69) is 20.5 Å². The van der Waals surface area contributed by atoms with Crippen molar-refractivity contribution in [3.8, 4) is 17.0 Å². The molecule has 0 aliphatic heterocycles. The molecule has 1 N–H and O–H groups in total. The summed E-state index contributed by atoms with van der Waals surface area (Å²) in [6.45, 7) is 3.88. The van der Waals surface area contributed by atoms with E-state index in [1.807, 2.05) is 13.8 Å². The molecule has 3 aromatic heterocycles. The Bertz CT molecular complexity index is 1200. The molecule has 3 heterocycles. The fraction of sp³-hybridized carbons (Fsp3) is 0.200. The van der Waals surface area contributed by atoms with Crippen molar-refractivity contribution in [2.24, 2.45) is 7.05 Å². The first kappa shape index (κ1) is 18.9. The Morgan fingerprint density at radius 3 is 2.93 bits per heavy atom. The first-order valence-corrected chi connectivity index (χ1v) is 9.40. The highest BCUT2D eigenvalue weighted by Crippen LogP contribution is 2.36. The highest BCUT2D eigenvalue weighted by atomic mass is 35.5. The van der Waals surface area contributed by atoms with Crippen molar-refractivity contribution in [1.82, 2.24) is 24.4 Å². The number of carbonyl (C=O) groups excluding carboxylic acids is 1. The maximum atomic E-state index is 12.9. The van der Waals surface area contributed by atoms with Crippen molar-refractivity contribution >= 4 is 28.8 Å². The number of aromatic nitrogens is 5. The van der Waals surface area contributed by atoms with Gasteiger partial charge in [-0.05, 0) is 38.1 Å². The number of aryl methyl sites for hydroxylation is 1. The summed E-state index contributed by atoms with van der Waals surface area (Å²) in [5, 5.41) is 12.1. The average molecular weight is 411 g/mol. The van der Waals surface area contributed by atoms with E-state index in [1.54, 1.807) is 59.1 Å². The normalized spacial score (nSPS) is 11.2. The van der Waals surface area contributed by atoms with Crippen LogP contribution in [0.25, 0.3) is 16.9 Å². The molecule has 4 aromatic rings. The van der Waals surface area contributed by atoms with Gasteiger partial charge in [-0.2, -0.15) is 10.2 Å². The lowest BCUT2D eigenvalue weighted by atomic mass is 10.1. The number of amides is 1. The number of carbonyl (C=O) groups is 1. The molecule has 0 bridgehead atoms. The number of nitrogens with zero attached hydrogens (tertiary/aromatic N) is 5. The van der Waals surface area contributed by atoms with Crippen LogP contribution in [-0.4, -0.2) is 36.4 Å². The van der Waals surface area contributed by atoms with E-state index >= 15 is 0 Å². The van der Waals surface area contributed by atoms with E-state index in [1.165, 1.54) is 6.20 Å². The van der Waals surface area contributed by atoms with Gasteiger partial charge in [0.2, 0.25) is 0 Å². The predicted octanol–water partition coefficient (Wildman–Crippen LogP) is 3.82. The topological polar surface area (TPSA) is 86.3 Å². The molecule has 0 saturated heterocycles. The van der Waals surface area contributed by atoms with Gasteiger partial charge in [0.15, 0.2) is 5.65 Å². The molecule has 29 heavy (non-hydrogen) atoms. The van der Waals surface area contributed by atoms with Crippen LogP contribution in [0.2, 0.25) is 5.02 Å². The number of ether oxygens (including phenoxy) is 1. The van der Waals surface area contributed by atoms with Gasteiger partial charge in [-0.1, -0.05) is 11.6 Å². The molecule has 0 unspecified atom stereocenters. The molecule has 1 amide bonds. The number of halogens is 1. The summed E-state index contributed by atoms with van der Waals surface area (Å²) in [6, 6.07) is 7.08. The van der Waals surface area contributed by atoms with Crippen molar-refractivity contribution in [3.05, 3.63) is 59.6 Å². The lowest BCUT2D eigenvalue weighted by Gasteiger charge is -2.14. The number of nitrogens with one attached hydrogen (secondary N) is 1. The lowest BCUT2D eigenvalue weighted by molar-refractivity contribution is 0.102. The standard InChI is InChI=1S/C20H19ClN6O2/c1-12(2)29-17-6-5-13(21)9-14(17)18-16(11-26(3)25-18)24-20(28)15-10-23-27-8-4-7-22-19(15)27/h4-12H,1-3H3,(H,24,28). The van der Waals surface area contributed by atoms with E-state index in [0.29, 0.717) is 38.9 Å². The van der Waals surface area contributed by atoms with Crippen molar-refractivity contribution in [1.29, 1.82) is 0 Å². The van der Waals surface area contributed by atoms with Crippen molar-refractivity contribution in [2.45, 2.75) is 20.0 Å². The molecule has 0 saturated carbocycles. The molecule has 8 nitrogen and oxygen atoms in total. The smallest absolute Gasteiger partial charge is 0.261 e. The Kier molecular flexibility index (Phi) is 4.94. The van der Waals surface area contributed by atoms with Crippen LogP contribution in [0.4, 0.5) is 5.69 Å². The van der Waals surface area contributed by atoms with Crippen LogP contribution < -0.4 is 10.1 Å². The second-order valence-corrected chi connectivity index (χ2v) is 7.21. The van der Waals surface area contributed by atoms with Gasteiger partial charge < -0.3 is 10.1 Å². The zero-order valence-corrected chi connectivity index (χ0v) is 16.9. The van der Waals surface area contributed by atoms with E-state index in [-0.39, 0.29) is 12.0 Å². The predicted molar refractivity (Wildman–Crippen MR) is 110 cm³/mol. The first-order chi connectivity index (χ1) is 13.9. The van der Waals surface area contributed by atoms with Gasteiger partial charge in [0, 0.05) is 36.2 Å². The van der Waals surface area contributed by atoms with Gasteiger partial charge in [-0.15, -0.1) is 0 Å². The minimum absolute atomic E-state index is 0.0264. The number of hydrogen-bond donors (Lipinski definition) is 1. The van der Waals surface area contributed by atoms with Gasteiger partial charge in [-0.3, -0.25) is 9.48 Å². The van der Waals surface area contributed by atoms with Crippen LogP contribution in [0.3, 0.4) is 0 Å². The third-order valence-corrected chi connectivity index (χ3v) is 4.40. The van der Waals surface area contributed by atoms with Crippen molar-refractivity contribution in [3.63, 3.8) is 0 Å². The van der Waals surface area contributed by atoms with Crippen LogP contribution in [-0.2, 0) is 7.05 Å². The summed E-state index contributed by atoms with van der Waals surface area (Å²) < 4.78 is 9.08. The second kappa shape index (κ2) is 7.56. The molecule has 148 valence electrons. The Hall–Kier alpha value is -3.39. The zero-order valence-electron chi connectivity index (χ0n) is 16.1. The minimum Gasteiger partial charge on any atom is -0.490 e. The lowest BCUT2D eigenvalue weighted by Crippen LogP contribution is -2.12. The van der Waals surface area contributed by atoms with Crippen LogP contribution in [0.5, 0.6) is 5.75 Å². The van der Waals surface area contributed by atoms with Crippen LogP contribution in [0.1, 0.15) is 24.2 Å².